The zero-order valence-electron chi connectivity index (χ0n) is 11.0. The van der Waals surface area contributed by atoms with Crippen LogP contribution in [0, 0.1) is 0 Å². The van der Waals surface area contributed by atoms with Crippen LogP contribution in [0.5, 0.6) is 0 Å². The quantitative estimate of drug-likeness (QED) is 0.738. The average molecular weight is 272 g/mol. The van der Waals surface area contributed by atoms with Gasteiger partial charge in [-0.05, 0) is 38.9 Å². The van der Waals surface area contributed by atoms with Gasteiger partial charge in [-0.3, -0.25) is 0 Å². The number of thiocarbonyl (C=S) groups is 1. The average Bonchev–Trinajstić information content (AvgIpc) is 2.29. The molecule has 0 spiro atoms. The number of rotatable bonds is 1. The molecular weight excluding hydrogens is 248 g/mol. The van der Waals surface area contributed by atoms with Gasteiger partial charge >= 0.3 is 0 Å². The van der Waals surface area contributed by atoms with Crippen LogP contribution in [0.3, 0.4) is 0 Å². The van der Waals surface area contributed by atoms with Crippen molar-refractivity contribution >= 4 is 29.1 Å². The smallest absolute Gasteiger partial charge is 0.169 e. The summed E-state index contributed by atoms with van der Waals surface area (Å²) in [6, 6.07) is 0.633. The van der Waals surface area contributed by atoms with Gasteiger partial charge in [-0.15, -0.1) is 0 Å². The third-order valence-corrected chi connectivity index (χ3v) is 5.32. The van der Waals surface area contributed by atoms with Crippen molar-refractivity contribution in [2.24, 2.45) is 0 Å². The van der Waals surface area contributed by atoms with Gasteiger partial charge in [-0.25, -0.2) is 0 Å². The van der Waals surface area contributed by atoms with Crippen molar-refractivity contribution < 1.29 is 0 Å². The highest BCUT2D eigenvalue weighted by Gasteiger charge is 2.29. The van der Waals surface area contributed by atoms with Gasteiger partial charge in [0.15, 0.2) is 5.11 Å². The summed E-state index contributed by atoms with van der Waals surface area (Å²) in [6.07, 6.45) is 6.72. The van der Waals surface area contributed by atoms with Crippen LogP contribution < -0.4 is 5.32 Å². The molecule has 2 nitrogen and oxygen atoms in total. The van der Waals surface area contributed by atoms with E-state index in [0.717, 1.165) is 18.2 Å². The Labute approximate surface area is 115 Å². The summed E-state index contributed by atoms with van der Waals surface area (Å²) in [4.78, 5) is 2.36. The second-order valence-corrected chi connectivity index (χ2v) is 8.00. The van der Waals surface area contributed by atoms with Gasteiger partial charge in [0.25, 0.3) is 0 Å². The summed E-state index contributed by atoms with van der Waals surface area (Å²) >= 11 is 7.62. The molecule has 98 valence electrons. The van der Waals surface area contributed by atoms with Gasteiger partial charge < -0.3 is 10.2 Å². The van der Waals surface area contributed by atoms with Crippen LogP contribution in [0.4, 0.5) is 0 Å². The standard InChI is InChI=1S/C13H24N2S2/c1-13(2)10-15(8-9-17-13)12(16)14-11-6-4-3-5-7-11/h11H,3-10H2,1-2H3,(H,14,16). The molecule has 17 heavy (non-hydrogen) atoms. The van der Waals surface area contributed by atoms with E-state index < -0.39 is 0 Å². The molecule has 0 radical (unpaired) electrons. The summed E-state index contributed by atoms with van der Waals surface area (Å²) in [5.74, 6) is 1.19. The second kappa shape index (κ2) is 5.79. The number of nitrogens with zero attached hydrogens (tertiary/aromatic N) is 1. The van der Waals surface area contributed by atoms with Crippen molar-refractivity contribution in [1.29, 1.82) is 0 Å². The Morgan fingerprint density at radius 2 is 2.00 bits per heavy atom. The summed E-state index contributed by atoms with van der Waals surface area (Å²) < 4.78 is 0.344. The van der Waals surface area contributed by atoms with Crippen LogP contribution in [-0.4, -0.2) is 39.6 Å². The fourth-order valence-corrected chi connectivity index (χ4v) is 4.14. The van der Waals surface area contributed by atoms with Crippen LogP contribution in [0.2, 0.25) is 0 Å². The van der Waals surface area contributed by atoms with Gasteiger partial charge in [-0.2, -0.15) is 11.8 Å². The monoisotopic (exact) mass is 272 g/mol. The lowest BCUT2D eigenvalue weighted by atomic mass is 9.96. The molecule has 1 heterocycles. The van der Waals surface area contributed by atoms with E-state index in [1.807, 2.05) is 0 Å². The first-order valence-electron chi connectivity index (χ1n) is 6.76. The molecule has 0 unspecified atom stereocenters. The predicted molar refractivity (Wildman–Crippen MR) is 80.7 cm³/mol. The molecular formula is C13H24N2S2. The van der Waals surface area contributed by atoms with Gasteiger partial charge in [0, 0.05) is 29.6 Å². The number of thioether (sulfide) groups is 1. The summed E-state index contributed by atoms with van der Waals surface area (Å²) in [6.45, 7) is 6.81. The Hall–Kier alpha value is 0.0400. The molecule has 1 aliphatic heterocycles. The van der Waals surface area contributed by atoms with Crippen molar-refractivity contribution in [3.8, 4) is 0 Å². The minimum absolute atomic E-state index is 0.344. The van der Waals surface area contributed by atoms with E-state index in [2.05, 4.69) is 35.8 Å². The number of hydrogen-bond donors (Lipinski definition) is 1. The summed E-state index contributed by atoms with van der Waals surface area (Å²) in [5, 5.41) is 4.57. The van der Waals surface area contributed by atoms with Crippen molar-refractivity contribution in [2.75, 3.05) is 18.8 Å². The van der Waals surface area contributed by atoms with Crippen LogP contribution in [0.25, 0.3) is 0 Å². The first-order valence-corrected chi connectivity index (χ1v) is 8.16. The van der Waals surface area contributed by atoms with Gasteiger partial charge in [0.2, 0.25) is 0 Å². The molecule has 2 rings (SSSR count). The zero-order chi connectivity index (χ0) is 12.3. The largest absolute Gasteiger partial charge is 0.360 e. The number of hydrogen-bond acceptors (Lipinski definition) is 2. The zero-order valence-corrected chi connectivity index (χ0v) is 12.6. The number of nitrogens with one attached hydrogen (secondary N) is 1. The first kappa shape index (κ1) is 13.5. The predicted octanol–water partition coefficient (Wildman–Crippen LogP) is 3.02. The van der Waals surface area contributed by atoms with Crippen LogP contribution in [0.1, 0.15) is 46.0 Å². The molecule has 0 amide bonds. The highest BCUT2D eigenvalue weighted by Crippen LogP contribution is 2.29. The molecule has 2 fully saturated rings. The highest BCUT2D eigenvalue weighted by atomic mass is 32.2. The summed E-state index contributed by atoms with van der Waals surface area (Å²) in [7, 11) is 0. The molecule has 1 aliphatic carbocycles. The fourth-order valence-electron chi connectivity index (χ4n) is 2.70. The molecule has 4 heteroatoms. The van der Waals surface area contributed by atoms with E-state index in [1.54, 1.807) is 0 Å². The van der Waals surface area contributed by atoms with E-state index in [-0.39, 0.29) is 0 Å². The minimum atomic E-state index is 0.344. The van der Waals surface area contributed by atoms with Crippen molar-refractivity contribution in [3.05, 3.63) is 0 Å². The lowest BCUT2D eigenvalue weighted by Crippen LogP contribution is -2.52. The highest BCUT2D eigenvalue weighted by molar-refractivity contribution is 8.00. The van der Waals surface area contributed by atoms with Gasteiger partial charge in [0.05, 0.1) is 0 Å². The van der Waals surface area contributed by atoms with Crippen molar-refractivity contribution in [1.82, 2.24) is 10.2 Å². The second-order valence-electron chi connectivity index (χ2n) is 5.81. The minimum Gasteiger partial charge on any atom is -0.360 e. The lowest BCUT2D eigenvalue weighted by molar-refractivity contribution is 0.357. The van der Waals surface area contributed by atoms with E-state index in [4.69, 9.17) is 12.2 Å². The van der Waals surface area contributed by atoms with E-state index >= 15 is 0 Å². The maximum absolute atomic E-state index is 5.56. The normalized spacial score (nSPS) is 25.6. The van der Waals surface area contributed by atoms with Gasteiger partial charge in [0.1, 0.15) is 0 Å². The first-order chi connectivity index (χ1) is 8.07. The Bertz CT molecular complexity index is 273. The lowest BCUT2D eigenvalue weighted by Gasteiger charge is -2.40. The van der Waals surface area contributed by atoms with E-state index in [1.165, 1.54) is 37.9 Å². The molecule has 0 bridgehead atoms. The van der Waals surface area contributed by atoms with Gasteiger partial charge in [-0.1, -0.05) is 19.3 Å². The molecule has 0 atom stereocenters. The molecule has 0 aromatic rings. The third-order valence-electron chi connectivity index (χ3n) is 3.65. The molecule has 1 saturated carbocycles. The molecule has 1 N–H and O–H groups in total. The van der Waals surface area contributed by atoms with Crippen LogP contribution in [0.15, 0.2) is 0 Å². The Kier molecular flexibility index (Phi) is 4.59. The topological polar surface area (TPSA) is 15.3 Å². The molecule has 1 saturated heterocycles. The van der Waals surface area contributed by atoms with Crippen LogP contribution in [-0.2, 0) is 0 Å². The Morgan fingerprint density at radius 3 is 2.65 bits per heavy atom. The fraction of sp³-hybridized carbons (Fsp3) is 0.923. The maximum Gasteiger partial charge on any atom is 0.169 e. The molecule has 2 aliphatic rings. The molecule has 0 aromatic carbocycles. The summed E-state index contributed by atoms with van der Waals surface area (Å²) in [5.41, 5.74) is 0. The Morgan fingerprint density at radius 1 is 1.29 bits per heavy atom. The SMILES string of the molecule is CC1(C)CN(C(=S)NC2CCCCC2)CCS1. The van der Waals surface area contributed by atoms with Crippen LogP contribution >= 0.6 is 24.0 Å². The van der Waals surface area contributed by atoms with Crippen molar-refractivity contribution in [2.45, 2.75) is 56.7 Å². The van der Waals surface area contributed by atoms with E-state index in [9.17, 15) is 0 Å². The maximum atomic E-state index is 5.56. The van der Waals surface area contributed by atoms with Crippen molar-refractivity contribution in [3.63, 3.8) is 0 Å². The Balaban J connectivity index is 1.82. The third kappa shape index (κ3) is 4.02. The van der Waals surface area contributed by atoms with E-state index in [0.29, 0.717) is 10.8 Å². The molecule has 0 aromatic heterocycles.